The SMILES string of the molecule is COc1cccc(C(=O)N(CCCN(C)C)c2nc3c(OC)cccc3s2)c1. The van der Waals surface area contributed by atoms with Crippen LogP contribution in [0.15, 0.2) is 42.5 Å². The van der Waals surface area contributed by atoms with Crippen LogP contribution in [0.25, 0.3) is 10.2 Å². The predicted octanol–water partition coefficient (Wildman–Crippen LogP) is 3.91. The molecular weight excluding hydrogens is 374 g/mol. The van der Waals surface area contributed by atoms with E-state index in [1.807, 2.05) is 44.4 Å². The smallest absolute Gasteiger partial charge is 0.260 e. The van der Waals surface area contributed by atoms with Crippen molar-refractivity contribution in [3.63, 3.8) is 0 Å². The van der Waals surface area contributed by atoms with E-state index in [0.717, 1.165) is 23.2 Å². The second-order valence-electron chi connectivity index (χ2n) is 6.65. The van der Waals surface area contributed by atoms with E-state index in [9.17, 15) is 4.79 Å². The monoisotopic (exact) mass is 399 g/mol. The molecule has 6 nitrogen and oxygen atoms in total. The van der Waals surface area contributed by atoms with Crippen molar-refractivity contribution in [2.75, 3.05) is 46.3 Å². The van der Waals surface area contributed by atoms with E-state index >= 15 is 0 Å². The number of amides is 1. The number of rotatable bonds is 8. The van der Waals surface area contributed by atoms with Crippen LogP contribution in [-0.2, 0) is 0 Å². The lowest BCUT2D eigenvalue weighted by Gasteiger charge is -2.21. The van der Waals surface area contributed by atoms with E-state index < -0.39 is 0 Å². The van der Waals surface area contributed by atoms with Crippen LogP contribution in [0.3, 0.4) is 0 Å². The predicted molar refractivity (Wildman–Crippen MR) is 114 cm³/mol. The summed E-state index contributed by atoms with van der Waals surface area (Å²) < 4.78 is 11.7. The lowest BCUT2D eigenvalue weighted by atomic mass is 10.2. The number of carbonyl (C=O) groups excluding carboxylic acids is 1. The summed E-state index contributed by atoms with van der Waals surface area (Å²) in [6.45, 7) is 1.46. The van der Waals surface area contributed by atoms with Crippen LogP contribution in [0.1, 0.15) is 16.8 Å². The Kier molecular flexibility index (Phi) is 6.49. The fourth-order valence-corrected chi connectivity index (χ4v) is 3.94. The third-order valence-electron chi connectivity index (χ3n) is 4.37. The Labute approximate surface area is 169 Å². The fourth-order valence-electron chi connectivity index (χ4n) is 2.93. The van der Waals surface area contributed by atoms with Crippen molar-refractivity contribution in [3.05, 3.63) is 48.0 Å². The molecule has 1 amide bonds. The molecule has 1 heterocycles. The minimum absolute atomic E-state index is 0.0873. The normalized spacial score (nSPS) is 11.0. The van der Waals surface area contributed by atoms with Gasteiger partial charge in [0.1, 0.15) is 17.0 Å². The average molecular weight is 400 g/mol. The molecule has 0 spiro atoms. The Morgan fingerprint density at radius 1 is 1.07 bits per heavy atom. The van der Waals surface area contributed by atoms with E-state index in [1.165, 1.54) is 11.3 Å². The molecule has 2 aromatic carbocycles. The van der Waals surface area contributed by atoms with Crippen molar-refractivity contribution in [1.82, 2.24) is 9.88 Å². The number of thiazole rings is 1. The molecule has 28 heavy (non-hydrogen) atoms. The van der Waals surface area contributed by atoms with Gasteiger partial charge in [0, 0.05) is 12.1 Å². The van der Waals surface area contributed by atoms with Gasteiger partial charge in [-0.1, -0.05) is 23.5 Å². The molecule has 0 aliphatic rings. The molecule has 0 radical (unpaired) electrons. The molecular formula is C21H25N3O3S. The second-order valence-corrected chi connectivity index (χ2v) is 7.66. The van der Waals surface area contributed by atoms with E-state index in [-0.39, 0.29) is 5.91 Å². The first-order chi connectivity index (χ1) is 13.5. The lowest BCUT2D eigenvalue weighted by Crippen LogP contribution is -2.33. The fraction of sp³-hybridized carbons (Fsp3) is 0.333. The summed E-state index contributed by atoms with van der Waals surface area (Å²) >= 11 is 1.50. The summed E-state index contributed by atoms with van der Waals surface area (Å²) in [5.74, 6) is 1.28. The van der Waals surface area contributed by atoms with Gasteiger partial charge in [-0.3, -0.25) is 9.69 Å². The van der Waals surface area contributed by atoms with Gasteiger partial charge in [0.15, 0.2) is 5.13 Å². The number of hydrogen-bond donors (Lipinski definition) is 0. The van der Waals surface area contributed by atoms with Crippen molar-refractivity contribution in [2.45, 2.75) is 6.42 Å². The van der Waals surface area contributed by atoms with Crippen LogP contribution >= 0.6 is 11.3 Å². The van der Waals surface area contributed by atoms with E-state index in [2.05, 4.69) is 4.90 Å². The highest BCUT2D eigenvalue weighted by atomic mass is 32.1. The van der Waals surface area contributed by atoms with Gasteiger partial charge < -0.3 is 14.4 Å². The summed E-state index contributed by atoms with van der Waals surface area (Å²) in [5.41, 5.74) is 1.36. The van der Waals surface area contributed by atoms with Gasteiger partial charge >= 0.3 is 0 Å². The van der Waals surface area contributed by atoms with Crippen molar-refractivity contribution in [1.29, 1.82) is 0 Å². The van der Waals surface area contributed by atoms with E-state index in [4.69, 9.17) is 14.5 Å². The molecule has 148 valence electrons. The third-order valence-corrected chi connectivity index (χ3v) is 5.41. The van der Waals surface area contributed by atoms with Crippen LogP contribution in [0.4, 0.5) is 5.13 Å². The highest BCUT2D eigenvalue weighted by Gasteiger charge is 2.22. The second kappa shape index (κ2) is 9.03. The van der Waals surface area contributed by atoms with Crippen LogP contribution in [0.2, 0.25) is 0 Å². The van der Waals surface area contributed by atoms with Crippen LogP contribution < -0.4 is 14.4 Å². The van der Waals surface area contributed by atoms with Gasteiger partial charge in [0.05, 0.1) is 18.9 Å². The van der Waals surface area contributed by atoms with Gasteiger partial charge in [-0.05, 0) is 57.4 Å². The molecule has 0 atom stereocenters. The Hall–Kier alpha value is -2.64. The summed E-state index contributed by atoms with van der Waals surface area (Å²) in [7, 11) is 7.27. The highest BCUT2D eigenvalue weighted by molar-refractivity contribution is 7.22. The Balaban J connectivity index is 1.97. The number of methoxy groups -OCH3 is 2. The molecule has 0 aliphatic heterocycles. The maximum atomic E-state index is 13.3. The molecule has 0 saturated heterocycles. The number of ether oxygens (including phenoxy) is 2. The van der Waals surface area contributed by atoms with Crippen LogP contribution in [0.5, 0.6) is 11.5 Å². The molecule has 3 rings (SSSR count). The summed E-state index contributed by atoms with van der Waals surface area (Å²) in [6.07, 6.45) is 0.843. The van der Waals surface area contributed by atoms with Gasteiger partial charge in [-0.15, -0.1) is 0 Å². The number of fused-ring (bicyclic) bond motifs is 1. The Bertz CT molecular complexity index is 955. The first-order valence-corrected chi connectivity index (χ1v) is 9.89. The number of aromatic nitrogens is 1. The summed E-state index contributed by atoms with van der Waals surface area (Å²) in [5, 5.41) is 0.672. The number of nitrogens with zero attached hydrogens (tertiary/aromatic N) is 3. The van der Waals surface area contributed by atoms with Crippen molar-refractivity contribution in [2.24, 2.45) is 0 Å². The summed E-state index contributed by atoms with van der Waals surface area (Å²) in [6, 6.07) is 13.0. The Morgan fingerprint density at radius 2 is 1.86 bits per heavy atom. The van der Waals surface area contributed by atoms with Gasteiger partial charge in [0.2, 0.25) is 0 Å². The maximum absolute atomic E-state index is 13.3. The zero-order valence-electron chi connectivity index (χ0n) is 16.6. The van der Waals surface area contributed by atoms with Crippen molar-refractivity contribution >= 4 is 32.6 Å². The standard InChI is InChI=1S/C21H25N3O3S/c1-23(2)12-7-13-24(20(25)15-8-5-9-16(14-15)26-3)21-22-19-17(27-4)10-6-11-18(19)28-21/h5-6,8-11,14H,7,12-13H2,1-4H3. The van der Waals surface area contributed by atoms with Gasteiger partial charge in [-0.25, -0.2) is 4.98 Å². The number of anilines is 1. The minimum atomic E-state index is -0.0873. The van der Waals surface area contributed by atoms with Crippen LogP contribution in [0, 0.1) is 0 Å². The molecule has 0 N–H and O–H groups in total. The topological polar surface area (TPSA) is 54.9 Å². The van der Waals surface area contributed by atoms with E-state index in [1.54, 1.807) is 31.3 Å². The zero-order valence-corrected chi connectivity index (χ0v) is 17.5. The van der Waals surface area contributed by atoms with Crippen LogP contribution in [-0.4, -0.2) is 57.2 Å². The molecule has 0 fully saturated rings. The van der Waals surface area contributed by atoms with Crippen molar-refractivity contribution in [3.8, 4) is 11.5 Å². The number of benzene rings is 2. The Morgan fingerprint density at radius 3 is 2.57 bits per heavy atom. The third kappa shape index (κ3) is 4.43. The highest BCUT2D eigenvalue weighted by Crippen LogP contribution is 2.34. The van der Waals surface area contributed by atoms with Gasteiger partial charge in [0.25, 0.3) is 5.91 Å². The number of carbonyl (C=O) groups is 1. The maximum Gasteiger partial charge on any atom is 0.260 e. The molecule has 0 unspecified atom stereocenters. The molecule has 0 aliphatic carbocycles. The lowest BCUT2D eigenvalue weighted by molar-refractivity contribution is 0.0985. The summed E-state index contributed by atoms with van der Waals surface area (Å²) in [4.78, 5) is 21.9. The first kappa shape index (κ1) is 20.1. The first-order valence-electron chi connectivity index (χ1n) is 9.07. The quantitative estimate of drug-likeness (QED) is 0.575. The molecule has 3 aromatic rings. The average Bonchev–Trinajstić information content (AvgIpc) is 3.14. The molecule has 1 aromatic heterocycles. The van der Waals surface area contributed by atoms with Gasteiger partial charge in [-0.2, -0.15) is 0 Å². The molecule has 7 heteroatoms. The molecule has 0 bridgehead atoms. The number of hydrogen-bond acceptors (Lipinski definition) is 6. The largest absolute Gasteiger partial charge is 0.497 e. The zero-order chi connectivity index (χ0) is 20.1. The van der Waals surface area contributed by atoms with Crippen molar-refractivity contribution < 1.29 is 14.3 Å². The molecule has 0 saturated carbocycles. The minimum Gasteiger partial charge on any atom is -0.497 e. The van der Waals surface area contributed by atoms with E-state index in [0.29, 0.717) is 28.7 Å². The number of para-hydroxylation sites is 1.